The zero-order valence-electron chi connectivity index (χ0n) is 6.63. The Hall–Kier alpha value is -0.0300. The summed E-state index contributed by atoms with van der Waals surface area (Å²) in [6, 6.07) is 0.839. The van der Waals surface area contributed by atoms with Crippen LogP contribution in [0.4, 0.5) is 13.2 Å². The summed E-state index contributed by atoms with van der Waals surface area (Å²) in [5, 5.41) is -1.03. The normalized spacial score (nSPS) is 11.7. The third kappa shape index (κ3) is 3.21. The molecule has 0 saturated heterocycles. The standard InChI is InChI=1S/C7HCl4F3O/c8-2-1-3(15-7(12,13)14)5(10)6(11)4(2)9/h1H. The molecule has 0 aliphatic heterocycles. The van der Waals surface area contributed by atoms with Crippen molar-refractivity contribution in [3.05, 3.63) is 26.2 Å². The van der Waals surface area contributed by atoms with E-state index in [1.54, 1.807) is 0 Å². The van der Waals surface area contributed by atoms with Crippen LogP contribution in [-0.2, 0) is 0 Å². The lowest BCUT2D eigenvalue weighted by atomic mass is 10.3. The summed E-state index contributed by atoms with van der Waals surface area (Å²) >= 11 is 22.0. The van der Waals surface area contributed by atoms with Crippen LogP contribution in [0, 0.1) is 0 Å². The van der Waals surface area contributed by atoms with Crippen molar-refractivity contribution in [1.29, 1.82) is 0 Å². The molecule has 0 atom stereocenters. The zero-order chi connectivity index (χ0) is 11.8. The van der Waals surface area contributed by atoms with Crippen LogP contribution >= 0.6 is 46.4 Å². The lowest BCUT2D eigenvalue weighted by Gasteiger charge is -2.12. The molecule has 84 valence electrons. The second kappa shape index (κ2) is 4.45. The van der Waals surface area contributed by atoms with Crippen molar-refractivity contribution < 1.29 is 17.9 Å². The van der Waals surface area contributed by atoms with Gasteiger partial charge in [-0.1, -0.05) is 46.4 Å². The van der Waals surface area contributed by atoms with Gasteiger partial charge >= 0.3 is 6.36 Å². The van der Waals surface area contributed by atoms with Crippen molar-refractivity contribution in [3.8, 4) is 5.75 Å². The van der Waals surface area contributed by atoms with Gasteiger partial charge in [0.25, 0.3) is 0 Å². The van der Waals surface area contributed by atoms with Crippen LogP contribution in [-0.4, -0.2) is 6.36 Å². The molecule has 0 heterocycles. The van der Waals surface area contributed by atoms with Crippen LogP contribution in [0.25, 0.3) is 0 Å². The summed E-state index contributed by atoms with van der Waals surface area (Å²) in [4.78, 5) is 0. The molecule has 0 radical (unpaired) electrons. The Labute approximate surface area is 103 Å². The molecule has 0 N–H and O–H groups in total. The average molecular weight is 300 g/mol. The van der Waals surface area contributed by atoms with E-state index in [1.165, 1.54) is 0 Å². The molecule has 1 aromatic rings. The van der Waals surface area contributed by atoms with E-state index < -0.39 is 17.1 Å². The summed E-state index contributed by atoms with van der Waals surface area (Å²) < 4.78 is 39.2. The largest absolute Gasteiger partial charge is 0.573 e. The molecular formula is C7HCl4F3O. The molecule has 0 aromatic heterocycles. The monoisotopic (exact) mass is 298 g/mol. The van der Waals surface area contributed by atoms with Gasteiger partial charge in [-0.05, 0) is 0 Å². The first kappa shape index (κ1) is 13.0. The molecule has 0 aliphatic rings. The number of benzene rings is 1. The van der Waals surface area contributed by atoms with Gasteiger partial charge in [-0.3, -0.25) is 0 Å². The second-order valence-electron chi connectivity index (χ2n) is 2.35. The van der Waals surface area contributed by atoms with Gasteiger partial charge in [-0.25, -0.2) is 0 Å². The molecule has 15 heavy (non-hydrogen) atoms. The highest BCUT2D eigenvalue weighted by Crippen LogP contribution is 2.43. The van der Waals surface area contributed by atoms with E-state index in [9.17, 15) is 13.2 Å². The Morgan fingerprint density at radius 1 is 0.933 bits per heavy atom. The molecule has 1 rings (SSSR count). The SMILES string of the molecule is FC(F)(F)Oc1cc(Cl)c(Cl)c(Cl)c1Cl. The van der Waals surface area contributed by atoms with E-state index in [0.29, 0.717) is 0 Å². The number of hydrogen-bond donors (Lipinski definition) is 0. The van der Waals surface area contributed by atoms with Crippen LogP contribution in [0.2, 0.25) is 20.1 Å². The van der Waals surface area contributed by atoms with Crippen LogP contribution in [0.5, 0.6) is 5.75 Å². The van der Waals surface area contributed by atoms with Crippen molar-refractivity contribution in [1.82, 2.24) is 0 Å². The molecule has 0 bridgehead atoms. The summed E-state index contributed by atoms with van der Waals surface area (Å²) in [6.07, 6.45) is -4.87. The molecule has 0 unspecified atom stereocenters. The van der Waals surface area contributed by atoms with Gasteiger partial charge in [-0.2, -0.15) is 0 Å². The van der Waals surface area contributed by atoms with E-state index in [2.05, 4.69) is 4.74 Å². The van der Waals surface area contributed by atoms with Crippen LogP contribution in [0.3, 0.4) is 0 Å². The molecule has 0 saturated carbocycles. The summed E-state index contributed by atoms with van der Waals surface area (Å²) in [6.45, 7) is 0. The second-order valence-corrected chi connectivity index (χ2v) is 3.89. The first-order valence-electron chi connectivity index (χ1n) is 3.31. The Morgan fingerprint density at radius 2 is 1.47 bits per heavy atom. The predicted octanol–water partition coefficient (Wildman–Crippen LogP) is 5.20. The zero-order valence-corrected chi connectivity index (χ0v) is 9.66. The first-order chi connectivity index (χ1) is 6.72. The number of rotatable bonds is 1. The predicted molar refractivity (Wildman–Crippen MR) is 53.2 cm³/mol. The highest BCUT2D eigenvalue weighted by molar-refractivity contribution is 6.52. The highest BCUT2D eigenvalue weighted by atomic mass is 35.5. The fraction of sp³-hybridized carbons (Fsp3) is 0.143. The maximum atomic E-state index is 11.9. The fourth-order valence-electron chi connectivity index (χ4n) is 0.750. The maximum Gasteiger partial charge on any atom is 0.573 e. The van der Waals surface area contributed by atoms with E-state index in [1.807, 2.05) is 0 Å². The van der Waals surface area contributed by atoms with Gasteiger partial charge in [0, 0.05) is 6.07 Å². The number of hydrogen-bond acceptors (Lipinski definition) is 1. The third-order valence-electron chi connectivity index (χ3n) is 1.29. The number of ether oxygens (including phenoxy) is 1. The Balaban J connectivity index is 3.21. The van der Waals surface area contributed by atoms with E-state index in [0.717, 1.165) is 6.07 Å². The molecule has 0 fully saturated rings. The molecule has 0 amide bonds. The van der Waals surface area contributed by atoms with E-state index in [4.69, 9.17) is 46.4 Å². The lowest BCUT2D eigenvalue weighted by Crippen LogP contribution is -2.17. The van der Waals surface area contributed by atoms with Gasteiger partial charge in [-0.15, -0.1) is 13.2 Å². The highest BCUT2D eigenvalue weighted by Gasteiger charge is 2.33. The minimum Gasteiger partial charge on any atom is -0.404 e. The topological polar surface area (TPSA) is 9.23 Å². The van der Waals surface area contributed by atoms with Crippen molar-refractivity contribution in [3.63, 3.8) is 0 Å². The number of halogens is 7. The molecule has 8 heteroatoms. The van der Waals surface area contributed by atoms with Gasteiger partial charge in [0.05, 0.1) is 15.1 Å². The van der Waals surface area contributed by atoms with Crippen LogP contribution in [0.1, 0.15) is 0 Å². The summed E-state index contributed by atoms with van der Waals surface area (Å²) in [5.74, 6) is -0.691. The van der Waals surface area contributed by atoms with Gasteiger partial charge in [0.2, 0.25) is 0 Å². The summed E-state index contributed by atoms with van der Waals surface area (Å²) in [5.41, 5.74) is 0. The molecule has 1 nitrogen and oxygen atoms in total. The maximum absolute atomic E-state index is 11.9. The smallest absolute Gasteiger partial charge is 0.404 e. The molecule has 0 spiro atoms. The van der Waals surface area contributed by atoms with E-state index >= 15 is 0 Å². The molecule has 0 aliphatic carbocycles. The van der Waals surface area contributed by atoms with Crippen LogP contribution in [0.15, 0.2) is 6.07 Å². The number of alkyl halides is 3. The fourth-order valence-corrected chi connectivity index (χ4v) is 1.57. The minimum atomic E-state index is -4.87. The Morgan fingerprint density at radius 3 is 1.93 bits per heavy atom. The Kier molecular flexibility index (Phi) is 3.87. The van der Waals surface area contributed by atoms with Crippen molar-refractivity contribution in [2.24, 2.45) is 0 Å². The van der Waals surface area contributed by atoms with Gasteiger partial charge in [0.15, 0.2) is 5.75 Å². The molecule has 1 aromatic carbocycles. The van der Waals surface area contributed by atoms with Gasteiger partial charge in [0.1, 0.15) is 5.02 Å². The molecular weight excluding hydrogens is 299 g/mol. The van der Waals surface area contributed by atoms with Gasteiger partial charge < -0.3 is 4.74 Å². The minimum absolute atomic E-state index is 0.127. The average Bonchev–Trinajstić information content (AvgIpc) is 2.08. The van der Waals surface area contributed by atoms with Crippen molar-refractivity contribution in [2.45, 2.75) is 6.36 Å². The van der Waals surface area contributed by atoms with E-state index in [-0.39, 0.29) is 15.1 Å². The summed E-state index contributed by atoms with van der Waals surface area (Å²) in [7, 11) is 0. The first-order valence-corrected chi connectivity index (χ1v) is 4.82. The third-order valence-corrected chi connectivity index (χ3v) is 3.03. The lowest BCUT2D eigenvalue weighted by molar-refractivity contribution is -0.274. The van der Waals surface area contributed by atoms with Crippen molar-refractivity contribution >= 4 is 46.4 Å². The Bertz CT molecular complexity index is 391. The van der Waals surface area contributed by atoms with Crippen molar-refractivity contribution in [2.75, 3.05) is 0 Å². The quantitative estimate of drug-likeness (QED) is 0.511. The van der Waals surface area contributed by atoms with Crippen LogP contribution < -0.4 is 4.74 Å².